The highest BCUT2D eigenvalue weighted by molar-refractivity contribution is 5.21. The van der Waals surface area contributed by atoms with Crippen LogP contribution in [0.15, 0.2) is 49.1 Å². The van der Waals surface area contributed by atoms with Gasteiger partial charge < -0.3 is 0 Å². The summed E-state index contributed by atoms with van der Waals surface area (Å²) in [6.45, 7) is 9.90. The van der Waals surface area contributed by atoms with E-state index in [9.17, 15) is 0 Å². The molecule has 0 saturated heterocycles. The van der Waals surface area contributed by atoms with E-state index in [0.29, 0.717) is 0 Å². The van der Waals surface area contributed by atoms with Gasteiger partial charge >= 0.3 is 0 Å². The lowest BCUT2D eigenvalue weighted by Crippen LogP contribution is -1.81. The summed E-state index contributed by atoms with van der Waals surface area (Å²) in [6.07, 6.45) is 23.4. The molecule has 0 amide bonds. The zero-order valence-electron chi connectivity index (χ0n) is 12.9. The van der Waals surface area contributed by atoms with Crippen LogP contribution in [0.25, 0.3) is 0 Å². The Hall–Kier alpha value is -1.04. The Bertz CT molecular complexity index is 268. The highest BCUT2D eigenvalue weighted by Gasteiger charge is 1.92. The summed E-state index contributed by atoms with van der Waals surface area (Å²) in [5.41, 5.74) is 1.37. The molecule has 0 aliphatic carbocycles. The normalized spacial score (nSPS) is 11.9. The van der Waals surface area contributed by atoms with Gasteiger partial charge in [-0.3, -0.25) is 0 Å². The first-order chi connectivity index (χ1) is 9.35. The van der Waals surface area contributed by atoms with Crippen LogP contribution in [-0.2, 0) is 0 Å². The SMILES string of the molecule is C=CCCCCCCC(C=C)=CC=CCCCCC. The van der Waals surface area contributed by atoms with Gasteiger partial charge in [0.25, 0.3) is 0 Å². The van der Waals surface area contributed by atoms with E-state index in [-0.39, 0.29) is 0 Å². The van der Waals surface area contributed by atoms with Crippen molar-refractivity contribution in [1.82, 2.24) is 0 Å². The molecule has 0 atom stereocenters. The lowest BCUT2D eigenvalue weighted by atomic mass is 10.0. The number of unbranched alkanes of at least 4 members (excludes halogenated alkanes) is 7. The molecule has 0 fully saturated rings. The molecule has 0 bridgehead atoms. The van der Waals surface area contributed by atoms with Crippen LogP contribution in [0.2, 0.25) is 0 Å². The molecule has 108 valence electrons. The van der Waals surface area contributed by atoms with Gasteiger partial charge in [-0.1, -0.05) is 69.6 Å². The zero-order chi connectivity index (χ0) is 14.2. The molecule has 0 aromatic heterocycles. The molecule has 0 aliphatic heterocycles. The average molecular weight is 260 g/mol. The monoisotopic (exact) mass is 260 g/mol. The van der Waals surface area contributed by atoms with Crippen molar-refractivity contribution >= 4 is 0 Å². The summed E-state index contributed by atoms with van der Waals surface area (Å²) in [7, 11) is 0. The van der Waals surface area contributed by atoms with Crippen LogP contribution in [0, 0.1) is 0 Å². The second kappa shape index (κ2) is 15.0. The van der Waals surface area contributed by atoms with Crippen LogP contribution < -0.4 is 0 Å². The summed E-state index contributed by atoms with van der Waals surface area (Å²) < 4.78 is 0. The maximum absolute atomic E-state index is 3.90. The second-order valence-corrected chi connectivity index (χ2v) is 5.11. The average Bonchev–Trinajstić information content (AvgIpc) is 2.44. The molecule has 0 N–H and O–H groups in total. The van der Waals surface area contributed by atoms with Crippen molar-refractivity contribution in [1.29, 1.82) is 0 Å². The second-order valence-electron chi connectivity index (χ2n) is 5.11. The van der Waals surface area contributed by atoms with Crippen LogP contribution in [-0.4, -0.2) is 0 Å². The zero-order valence-corrected chi connectivity index (χ0v) is 12.9. The van der Waals surface area contributed by atoms with Gasteiger partial charge in [0, 0.05) is 0 Å². The molecule has 0 aromatic carbocycles. The van der Waals surface area contributed by atoms with E-state index in [4.69, 9.17) is 0 Å². The van der Waals surface area contributed by atoms with E-state index in [2.05, 4.69) is 38.3 Å². The van der Waals surface area contributed by atoms with Crippen molar-refractivity contribution in [2.24, 2.45) is 0 Å². The molecule has 0 spiro atoms. The lowest BCUT2D eigenvalue weighted by molar-refractivity contribution is 0.647. The van der Waals surface area contributed by atoms with E-state index in [1.54, 1.807) is 0 Å². The van der Waals surface area contributed by atoms with Crippen LogP contribution in [0.1, 0.15) is 71.1 Å². The Kier molecular flexibility index (Phi) is 14.2. The fourth-order valence-electron chi connectivity index (χ4n) is 2.02. The Morgan fingerprint density at radius 1 is 0.895 bits per heavy atom. The van der Waals surface area contributed by atoms with Gasteiger partial charge in [-0.15, -0.1) is 6.58 Å². The minimum Gasteiger partial charge on any atom is -0.103 e. The molecule has 0 aromatic rings. The third kappa shape index (κ3) is 13.2. The number of rotatable bonds is 13. The van der Waals surface area contributed by atoms with Crippen molar-refractivity contribution in [2.45, 2.75) is 71.1 Å². The maximum atomic E-state index is 3.90. The fourth-order valence-corrected chi connectivity index (χ4v) is 2.02. The third-order valence-corrected chi connectivity index (χ3v) is 3.31. The van der Waals surface area contributed by atoms with Gasteiger partial charge in [0.1, 0.15) is 0 Å². The quantitative estimate of drug-likeness (QED) is 0.195. The van der Waals surface area contributed by atoms with Gasteiger partial charge in [-0.25, -0.2) is 0 Å². The molecule has 0 saturated carbocycles. The molecule has 0 aliphatic rings. The predicted molar refractivity (Wildman–Crippen MR) is 89.5 cm³/mol. The van der Waals surface area contributed by atoms with Crippen LogP contribution in [0.3, 0.4) is 0 Å². The van der Waals surface area contributed by atoms with Gasteiger partial charge in [0.2, 0.25) is 0 Å². The van der Waals surface area contributed by atoms with E-state index >= 15 is 0 Å². The lowest BCUT2D eigenvalue weighted by Gasteiger charge is -2.01. The van der Waals surface area contributed by atoms with Gasteiger partial charge in [0.05, 0.1) is 0 Å². The number of hydrogen-bond acceptors (Lipinski definition) is 0. The highest BCUT2D eigenvalue weighted by atomic mass is 14.0. The van der Waals surface area contributed by atoms with Crippen molar-refractivity contribution in [3.8, 4) is 0 Å². The Morgan fingerprint density at radius 3 is 2.32 bits per heavy atom. The van der Waals surface area contributed by atoms with Crippen molar-refractivity contribution in [3.05, 3.63) is 49.1 Å². The Morgan fingerprint density at radius 2 is 1.63 bits per heavy atom. The van der Waals surface area contributed by atoms with E-state index in [1.807, 2.05) is 12.2 Å². The first-order valence-corrected chi connectivity index (χ1v) is 7.94. The summed E-state index contributed by atoms with van der Waals surface area (Å²) in [5, 5.41) is 0. The molecular formula is C19H32. The first kappa shape index (κ1) is 18.0. The standard InChI is InChI=1S/C19H32/c1-4-7-9-11-13-15-17-19(6-3)18-16-14-12-10-8-5-2/h4,6,14,16,18H,1,3,5,7-13,15,17H2,2H3. The topological polar surface area (TPSA) is 0 Å². The Balaban J connectivity index is 3.68. The van der Waals surface area contributed by atoms with Crippen molar-refractivity contribution < 1.29 is 0 Å². The first-order valence-electron chi connectivity index (χ1n) is 7.94. The van der Waals surface area contributed by atoms with Crippen molar-refractivity contribution in [3.63, 3.8) is 0 Å². The van der Waals surface area contributed by atoms with E-state index in [1.165, 1.54) is 56.9 Å². The summed E-state index contributed by atoms with van der Waals surface area (Å²) in [4.78, 5) is 0. The molecule has 0 nitrogen and oxygen atoms in total. The maximum Gasteiger partial charge on any atom is -0.0279 e. The van der Waals surface area contributed by atoms with E-state index < -0.39 is 0 Å². The van der Waals surface area contributed by atoms with Crippen LogP contribution in [0.4, 0.5) is 0 Å². The molecule has 0 radical (unpaired) electrons. The minimum absolute atomic E-state index is 1.16. The minimum atomic E-state index is 1.16. The summed E-state index contributed by atoms with van der Waals surface area (Å²) in [6, 6.07) is 0. The van der Waals surface area contributed by atoms with Crippen LogP contribution in [0.5, 0.6) is 0 Å². The molecule has 19 heavy (non-hydrogen) atoms. The van der Waals surface area contributed by atoms with Crippen molar-refractivity contribution in [2.75, 3.05) is 0 Å². The van der Waals surface area contributed by atoms with E-state index in [0.717, 1.165) is 12.8 Å². The highest BCUT2D eigenvalue weighted by Crippen LogP contribution is 2.12. The molecule has 0 rings (SSSR count). The summed E-state index contributed by atoms with van der Waals surface area (Å²) in [5.74, 6) is 0. The Labute approximate surface area is 121 Å². The van der Waals surface area contributed by atoms with Gasteiger partial charge in [0.15, 0.2) is 0 Å². The molecule has 0 heteroatoms. The van der Waals surface area contributed by atoms with Gasteiger partial charge in [-0.05, 0) is 44.1 Å². The third-order valence-electron chi connectivity index (χ3n) is 3.31. The fraction of sp³-hybridized carbons (Fsp3) is 0.579. The predicted octanol–water partition coefficient (Wildman–Crippen LogP) is 6.76. The molecule has 0 heterocycles. The smallest absolute Gasteiger partial charge is 0.0279 e. The number of hydrogen-bond donors (Lipinski definition) is 0. The molecular weight excluding hydrogens is 228 g/mol. The molecule has 0 unspecified atom stereocenters. The van der Waals surface area contributed by atoms with Crippen LogP contribution >= 0.6 is 0 Å². The van der Waals surface area contributed by atoms with Gasteiger partial charge in [-0.2, -0.15) is 0 Å². The number of allylic oxidation sites excluding steroid dienone is 6. The summed E-state index contributed by atoms with van der Waals surface area (Å²) >= 11 is 0. The largest absolute Gasteiger partial charge is 0.103 e.